The summed E-state index contributed by atoms with van der Waals surface area (Å²) in [6.45, 7) is 13.6. The number of methoxy groups -OCH3 is 1. The Balaban J connectivity index is 2.15. The van der Waals surface area contributed by atoms with Crippen LogP contribution in [0, 0.1) is 29.6 Å². The summed E-state index contributed by atoms with van der Waals surface area (Å²) >= 11 is 1.72. The largest absolute Gasteiger partial charge is 0.480 e. The Morgan fingerprint density at radius 1 is 0.969 bits per heavy atom. The molecule has 1 heterocycles. The van der Waals surface area contributed by atoms with Crippen LogP contribution in [0.5, 0.6) is 0 Å². The number of ether oxygens (including phenoxy) is 2. The molecule has 17 heteroatoms. The summed E-state index contributed by atoms with van der Waals surface area (Å²) in [5.74, 6) is -2.61. The fourth-order valence-electron chi connectivity index (χ4n) is 8.87. The minimum Gasteiger partial charge on any atom is -0.480 e. The van der Waals surface area contributed by atoms with Gasteiger partial charge in [0, 0.05) is 69.8 Å². The van der Waals surface area contributed by atoms with Crippen molar-refractivity contribution in [3.8, 4) is 0 Å². The maximum atomic E-state index is 14.1. The van der Waals surface area contributed by atoms with Gasteiger partial charge < -0.3 is 45.6 Å². The molecule has 1 aliphatic carbocycles. The fraction of sp³-hybridized carbons (Fsp3) is 0.809. The van der Waals surface area contributed by atoms with Crippen LogP contribution in [-0.2, 0) is 33.4 Å². The van der Waals surface area contributed by atoms with Gasteiger partial charge in [-0.1, -0.05) is 97.1 Å². The molecule has 0 aromatic rings. The number of amides is 2. The van der Waals surface area contributed by atoms with Crippen LogP contribution in [0.15, 0.2) is 24.3 Å². The number of carboxylic acids is 2. The van der Waals surface area contributed by atoms with Crippen LogP contribution >= 0.6 is 11.9 Å². The Morgan fingerprint density at radius 2 is 1.67 bits per heavy atom. The van der Waals surface area contributed by atoms with Gasteiger partial charge >= 0.3 is 17.9 Å². The van der Waals surface area contributed by atoms with Gasteiger partial charge in [-0.15, -0.1) is 0 Å². The molecule has 16 nitrogen and oxygen atoms in total. The number of nitrogens with one attached hydrogen (secondary N) is 3. The Kier molecular flexibility index (Phi) is 27.7. The van der Waals surface area contributed by atoms with Crippen molar-refractivity contribution in [1.29, 1.82) is 0 Å². The lowest BCUT2D eigenvalue weighted by molar-refractivity contribution is -0.149. The van der Waals surface area contributed by atoms with Crippen LogP contribution < -0.4 is 16.0 Å². The number of nitrogens with zero attached hydrogens (tertiary/aromatic N) is 3. The number of carbonyl (C=O) groups excluding carboxylic acids is 3. The van der Waals surface area contributed by atoms with Crippen molar-refractivity contribution in [3.63, 3.8) is 0 Å². The van der Waals surface area contributed by atoms with Gasteiger partial charge in [0.1, 0.15) is 12.6 Å². The third kappa shape index (κ3) is 21.1. The minimum absolute atomic E-state index is 0.0121. The summed E-state index contributed by atoms with van der Waals surface area (Å²) < 4.78 is 13.7. The number of carbonyl (C=O) groups is 5. The van der Waals surface area contributed by atoms with Crippen LogP contribution in [0.4, 0.5) is 0 Å². The fourth-order valence-corrected chi connectivity index (χ4v) is 9.46. The summed E-state index contributed by atoms with van der Waals surface area (Å²) in [7, 11) is 3.68. The Bertz CT molecular complexity index is 1450. The van der Waals surface area contributed by atoms with Crippen LogP contribution in [0.2, 0.25) is 0 Å². The van der Waals surface area contributed by atoms with Crippen molar-refractivity contribution in [2.45, 2.75) is 142 Å². The number of aliphatic hydroxyl groups is 1. The molecule has 368 valence electrons. The molecule has 0 aromatic carbocycles. The second-order valence-corrected chi connectivity index (χ2v) is 19.4. The van der Waals surface area contributed by atoms with Crippen molar-refractivity contribution in [2.75, 3.05) is 72.9 Å². The Hall–Kier alpha value is -3.06. The molecule has 0 aromatic heterocycles. The number of aliphatic carboxylic acids is 2. The zero-order valence-electron chi connectivity index (χ0n) is 40.3. The smallest absolute Gasteiger partial charge is 0.328 e. The van der Waals surface area contributed by atoms with E-state index in [1.54, 1.807) is 19.1 Å². The molecule has 0 saturated carbocycles. The molecule has 2 aliphatic rings. The molecule has 8 unspecified atom stereocenters. The lowest BCUT2D eigenvalue weighted by atomic mass is 9.89. The highest BCUT2D eigenvalue weighted by molar-refractivity contribution is 7.96. The molecular formula is C47H84N6O10S. The summed E-state index contributed by atoms with van der Waals surface area (Å²) in [5, 5.41) is 39.6. The maximum Gasteiger partial charge on any atom is 0.328 e. The SMILES string of the molecule is CCC(C)C(CCC(=O)N1CCCCCC(C(CC(=O)NC(CC2C=CC=CC2)C(=O)OCCN(CC(=O)O)CC(=O)O)OC)C1)NC(CO)[C@@H](NCC(C(C)C)N(C)SC)C(C)C. The van der Waals surface area contributed by atoms with E-state index in [0.29, 0.717) is 44.3 Å². The van der Waals surface area contributed by atoms with Gasteiger partial charge in [0.2, 0.25) is 11.8 Å². The van der Waals surface area contributed by atoms with Gasteiger partial charge in [-0.05, 0) is 69.1 Å². The first-order valence-electron chi connectivity index (χ1n) is 23.6. The topological polar surface area (TPSA) is 210 Å². The number of esters is 1. The van der Waals surface area contributed by atoms with Crippen LogP contribution in [0.1, 0.15) is 106 Å². The lowest BCUT2D eigenvalue weighted by Gasteiger charge is -2.38. The number of hydrogen-bond donors (Lipinski definition) is 6. The Morgan fingerprint density at radius 3 is 2.23 bits per heavy atom. The van der Waals surface area contributed by atoms with Crippen LogP contribution in [0.25, 0.3) is 0 Å². The number of rotatable bonds is 31. The summed E-state index contributed by atoms with van der Waals surface area (Å²) in [6, 6.07) is -0.840. The zero-order valence-corrected chi connectivity index (χ0v) is 41.2. The molecule has 9 atom stereocenters. The van der Waals surface area contributed by atoms with Gasteiger partial charge in [0.15, 0.2) is 0 Å². The monoisotopic (exact) mass is 925 g/mol. The summed E-state index contributed by atoms with van der Waals surface area (Å²) in [4.78, 5) is 66.8. The number of aliphatic hydroxyl groups excluding tert-OH is 1. The second kappa shape index (κ2) is 31.0. The van der Waals surface area contributed by atoms with Gasteiger partial charge in [0.05, 0.1) is 32.2 Å². The van der Waals surface area contributed by atoms with E-state index >= 15 is 0 Å². The van der Waals surface area contributed by atoms with E-state index in [4.69, 9.17) is 9.47 Å². The highest BCUT2D eigenvalue weighted by Crippen LogP contribution is 2.26. The predicted octanol–water partition coefficient (Wildman–Crippen LogP) is 4.43. The highest BCUT2D eigenvalue weighted by atomic mass is 32.2. The molecule has 0 radical (unpaired) electrons. The lowest BCUT2D eigenvalue weighted by Crippen LogP contribution is -2.58. The molecule has 1 aliphatic heterocycles. The standard InChI is InChI=1S/C47H84N6O10S/c1-10-34(6)37(49-39(31-54)46(33(4)5)48-27-40(32(2)3)51(7)64-9)20-21-43(56)53-22-16-12-15-19-36(28-53)41(62-8)26-42(55)50-38(25-35-17-13-11-14-18-35)47(61)63-24-23-52(29-44(57)58)30-45(59)60/h11,13-14,17,32-41,46,48-49,54H,10,12,15-16,18-31H2,1-9H3,(H,50,55)(H,57,58)(H,59,60)/t34?,35?,36?,37?,38?,39?,40?,41?,46-/m0/s1. The maximum absolute atomic E-state index is 14.1. The average Bonchev–Trinajstić information content (AvgIpc) is 3.23. The van der Waals surface area contributed by atoms with Crippen molar-refractivity contribution in [3.05, 3.63) is 24.3 Å². The van der Waals surface area contributed by atoms with Crippen molar-refractivity contribution in [2.24, 2.45) is 29.6 Å². The van der Waals surface area contributed by atoms with Crippen LogP contribution in [-0.4, -0.2) is 168 Å². The normalized spacial score (nSPS) is 20.3. The minimum atomic E-state index is -1.20. The molecular weight excluding hydrogens is 841 g/mol. The Labute approximate surface area is 388 Å². The molecule has 6 N–H and O–H groups in total. The van der Waals surface area contributed by atoms with Gasteiger partial charge in [-0.3, -0.25) is 24.1 Å². The second-order valence-electron chi connectivity index (χ2n) is 18.5. The number of likely N-dealkylation sites (N-methyl/N-ethyl adjacent to an activating group) is 1. The molecule has 1 fully saturated rings. The van der Waals surface area contributed by atoms with Gasteiger partial charge in [0.25, 0.3) is 0 Å². The summed E-state index contributed by atoms with van der Waals surface area (Å²) in [5.41, 5.74) is 0. The first-order chi connectivity index (χ1) is 30.4. The van der Waals surface area contributed by atoms with Crippen molar-refractivity contribution >= 4 is 41.7 Å². The third-order valence-electron chi connectivity index (χ3n) is 13.0. The van der Waals surface area contributed by atoms with Gasteiger partial charge in [-0.2, -0.15) is 0 Å². The molecule has 0 bridgehead atoms. The first kappa shape index (κ1) is 57.1. The van der Waals surface area contributed by atoms with Crippen molar-refractivity contribution in [1.82, 2.24) is 30.1 Å². The number of carboxylic acid groups (broad SMARTS) is 2. The number of hydrogen-bond acceptors (Lipinski definition) is 13. The van der Waals surface area contributed by atoms with E-state index in [9.17, 15) is 39.3 Å². The molecule has 1 saturated heterocycles. The van der Waals surface area contributed by atoms with E-state index in [-0.39, 0.29) is 80.3 Å². The quantitative estimate of drug-likeness (QED) is 0.0420. The predicted molar refractivity (Wildman–Crippen MR) is 253 cm³/mol. The van der Waals surface area contributed by atoms with Crippen LogP contribution in [0.3, 0.4) is 0 Å². The average molecular weight is 925 g/mol. The van der Waals surface area contributed by atoms with Gasteiger partial charge in [-0.25, -0.2) is 9.10 Å². The third-order valence-corrected chi connectivity index (χ3v) is 13.8. The van der Waals surface area contributed by atoms with E-state index in [0.717, 1.165) is 43.5 Å². The number of likely N-dealkylation sites (tertiary alicyclic amines) is 1. The van der Waals surface area contributed by atoms with E-state index in [1.165, 1.54) is 0 Å². The first-order valence-corrected chi connectivity index (χ1v) is 24.7. The summed E-state index contributed by atoms with van der Waals surface area (Å²) in [6.07, 6.45) is 15.7. The number of allylic oxidation sites excluding steroid dienone is 4. The zero-order chi connectivity index (χ0) is 47.8. The molecule has 0 spiro atoms. The molecule has 2 rings (SSSR count). The van der Waals surface area contributed by atoms with E-state index < -0.39 is 49.1 Å². The van der Waals surface area contributed by atoms with E-state index in [2.05, 4.69) is 75.1 Å². The molecule has 2 amide bonds. The molecule has 64 heavy (non-hydrogen) atoms. The highest BCUT2D eigenvalue weighted by Gasteiger charge is 2.34. The van der Waals surface area contributed by atoms with E-state index in [1.807, 2.05) is 29.2 Å². The van der Waals surface area contributed by atoms with Crippen molar-refractivity contribution < 1.29 is 48.8 Å².